The molecule has 2 atom stereocenters. The fourth-order valence-corrected chi connectivity index (χ4v) is 2.46. The van der Waals surface area contributed by atoms with E-state index in [2.05, 4.69) is 13.8 Å². The lowest BCUT2D eigenvalue weighted by Gasteiger charge is -2.17. The summed E-state index contributed by atoms with van der Waals surface area (Å²) in [5.74, 6) is 1.84. The van der Waals surface area contributed by atoms with E-state index in [1.54, 1.807) is 0 Å². The number of hydrogen-bond donors (Lipinski definition) is 0. The molecule has 2 fully saturated rings. The van der Waals surface area contributed by atoms with Gasteiger partial charge in [0.05, 0.1) is 12.2 Å². The number of ether oxygens (including phenoxy) is 1. The Balaban J connectivity index is 1.89. The maximum atomic E-state index is 5.55. The zero-order chi connectivity index (χ0) is 8.60. The molecular formula is C11H20O. The third-order valence-electron chi connectivity index (χ3n) is 3.67. The van der Waals surface area contributed by atoms with Gasteiger partial charge in [0.15, 0.2) is 0 Å². The summed E-state index contributed by atoms with van der Waals surface area (Å²) in [6, 6.07) is 0. The van der Waals surface area contributed by atoms with Crippen molar-refractivity contribution in [3.8, 4) is 0 Å². The van der Waals surface area contributed by atoms with E-state index in [4.69, 9.17) is 4.74 Å². The van der Waals surface area contributed by atoms with Crippen LogP contribution in [0.4, 0.5) is 0 Å². The lowest BCUT2D eigenvalue weighted by Crippen LogP contribution is -2.10. The van der Waals surface area contributed by atoms with Crippen molar-refractivity contribution < 1.29 is 4.74 Å². The predicted octanol–water partition coefficient (Wildman–Crippen LogP) is 2.99. The van der Waals surface area contributed by atoms with Crippen LogP contribution in [-0.4, -0.2) is 12.2 Å². The second-order valence-corrected chi connectivity index (χ2v) is 4.91. The summed E-state index contributed by atoms with van der Waals surface area (Å²) in [6.45, 7) is 5.77. The van der Waals surface area contributed by atoms with E-state index in [9.17, 15) is 0 Å². The van der Waals surface area contributed by atoms with Gasteiger partial charge >= 0.3 is 0 Å². The highest BCUT2D eigenvalue weighted by molar-refractivity contribution is 4.94. The minimum atomic E-state index is 0.379. The van der Waals surface area contributed by atoms with Crippen molar-refractivity contribution in [2.75, 3.05) is 6.61 Å². The van der Waals surface area contributed by atoms with Crippen LogP contribution in [0, 0.1) is 11.8 Å². The summed E-state index contributed by atoms with van der Waals surface area (Å²) in [6.07, 6.45) is 6.88. The molecule has 0 bridgehead atoms. The topological polar surface area (TPSA) is 12.5 Å². The Morgan fingerprint density at radius 3 is 2.58 bits per heavy atom. The van der Waals surface area contributed by atoms with E-state index in [0.717, 1.165) is 18.4 Å². The summed E-state index contributed by atoms with van der Waals surface area (Å²) < 4.78 is 5.55. The molecule has 0 aromatic rings. The molecule has 0 amide bonds. The first-order chi connectivity index (χ1) is 5.72. The Labute approximate surface area is 75.5 Å². The molecule has 2 rings (SSSR count). The second kappa shape index (κ2) is 3.02. The van der Waals surface area contributed by atoms with Crippen molar-refractivity contribution in [2.45, 2.75) is 51.6 Å². The van der Waals surface area contributed by atoms with Gasteiger partial charge in [-0.2, -0.15) is 0 Å². The Kier molecular flexibility index (Phi) is 2.16. The number of epoxide rings is 1. The highest BCUT2D eigenvalue weighted by Gasteiger charge is 2.45. The van der Waals surface area contributed by atoms with Crippen molar-refractivity contribution in [3.05, 3.63) is 0 Å². The van der Waals surface area contributed by atoms with E-state index in [1.807, 2.05) is 0 Å². The van der Waals surface area contributed by atoms with Crippen LogP contribution >= 0.6 is 0 Å². The molecular weight excluding hydrogens is 148 g/mol. The van der Waals surface area contributed by atoms with Gasteiger partial charge in [0, 0.05) is 0 Å². The maximum absolute atomic E-state index is 5.55. The summed E-state index contributed by atoms with van der Waals surface area (Å²) in [5.41, 5.74) is 0.379. The monoisotopic (exact) mass is 168 g/mol. The van der Waals surface area contributed by atoms with E-state index in [1.165, 1.54) is 32.1 Å². The molecule has 0 aromatic carbocycles. The van der Waals surface area contributed by atoms with E-state index in [-0.39, 0.29) is 0 Å². The van der Waals surface area contributed by atoms with Gasteiger partial charge < -0.3 is 4.74 Å². The minimum Gasteiger partial charge on any atom is -0.370 e. The van der Waals surface area contributed by atoms with Gasteiger partial charge in [-0.1, -0.05) is 26.7 Å². The van der Waals surface area contributed by atoms with Crippen LogP contribution in [0.5, 0.6) is 0 Å². The molecule has 2 unspecified atom stereocenters. The predicted molar refractivity (Wildman–Crippen MR) is 50.1 cm³/mol. The largest absolute Gasteiger partial charge is 0.370 e. The van der Waals surface area contributed by atoms with Crippen LogP contribution in [0.3, 0.4) is 0 Å². The van der Waals surface area contributed by atoms with Gasteiger partial charge in [-0.15, -0.1) is 0 Å². The van der Waals surface area contributed by atoms with Gasteiger partial charge in [-0.05, 0) is 31.1 Å². The van der Waals surface area contributed by atoms with Crippen LogP contribution in [-0.2, 0) is 4.74 Å². The molecule has 1 heterocycles. The maximum Gasteiger partial charge on any atom is 0.0916 e. The van der Waals surface area contributed by atoms with Crippen molar-refractivity contribution >= 4 is 0 Å². The van der Waals surface area contributed by atoms with E-state index in [0.29, 0.717) is 5.60 Å². The summed E-state index contributed by atoms with van der Waals surface area (Å²) in [4.78, 5) is 0. The first-order valence-corrected chi connectivity index (χ1v) is 5.36. The molecule has 2 aliphatic rings. The number of rotatable bonds is 1. The molecule has 0 radical (unpaired) electrons. The molecule has 1 aliphatic heterocycles. The van der Waals surface area contributed by atoms with Gasteiger partial charge in [0.1, 0.15) is 0 Å². The van der Waals surface area contributed by atoms with Crippen molar-refractivity contribution in [1.29, 1.82) is 0 Å². The Morgan fingerprint density at radius 1 is 1.25 bits per heavy atom. The highest BCUT2D eigenvalue weighted by atomic mass is 16.6. The Bertz CT molecular complexity index is 158. The fourth-order valence-electron chi connectivity index (χ4n) is 2.46. The lowest BCUT2D eigenvalue weighted by atomic mass is 9.88. The van der Waals surface area contributed by atoms with Crippen molar-refractivity contribution in [3.63, 3.8) is 0 Å². The van der Waals surface area contributed by atoms with Crippen molar-refractivity contribution in [1.82, 2.24) is 0 Å². The molecule has 12 heavy (non-hydrogen) atoms. The van der Waals surface area contributed by atoms with Crippen LogP contribution in [0.2, 0.25) is 0 Å². The lowest BCUT2D eigenvalue weighted by molar-refractivity contribution is 0.268. The Hall–Kier alpha value is -0.0400. The second-order valence-electron chi connectivity index (χ2n) is 4.91. The molecule has 1 nitrogen and oxygen atoms in total. The van der Waals surface area contributed by atoms with E-state index >= 15 is 0 Å². The minimum absolute atomic E-state index is 0.379. The molecule has 1 heteroatoms. The first-order valence-electron chi connectivity index (χ1n) is 5.36. The van der Waals surface area contributed by atoms with Crippen LogP contribution in [0.1, 0.15) is 46.0 Å². The van der Waals surface area contributed by atoms with Gasteiger partial charge in [-0.3, -0.25) is 0 Å². The number of hydrogen-bond acceptors (Lipinski definition) is 1. The van der Waals surface area contributed by atoms with Crippen molar-refractivity contribution in [2.24, 2.45) is 11.8 Å². The summed E-state index contributed by atoms with van der Waals surface area (Å²) in [7, 11) is 0. The van der Waals surface area contributed by atoms with Gasteiger partial charge in [-0.25, -0.2) is 0 Å². The summed E-state index contributed by atoms with van der Waals surface area (Å²) in [5, 5.41) is 0. The molecule has 1 saturated heterocycles. The average Bonchev–Trinajstić information content (AvgIpc) is 2.80. The smallest absolute Gasteiger partial charge is 0.0916 e. The average molecular weight is 168 g/mol. The van der Waals surface area contributed by atoms with Crippen LogP contribution in [0.15, 0.2) is 0 Å². The third kappa shape index (κ3) is 1.66. The zero-order valence-corrected chi connectivity index (χ0v) is 8.31. The standard InChI is InChI=1S/C11H20O/c1-9(2)10-4-3-6-11(7-5-10)8-12-11/h9-10H,3-8H2,1-2H3. The molecule has 0 N–H and O–H groups in total. The molecule has 1 spiro atoms. The van der Waals surface area contributed by atoms with E-state index < -0.39 is 0 Å². The van der Waals surface area contributed by atoms with Crippen LogP contribution < -0.4 is 0 Å². The Morgan fingerprint density at radius 2 is 2.00 bits per heavy atom. The fraction of sp³-hybridized carbons (Fsp3) is 1.00. The highest BCUT2D eigenvalue weighted by Crippen LogP contribution is 2.43. The molecule has 70 valence electrons. The molecule has 1 aliphatic carbocycles. The third-order valence-corrected chi connectivity index (χ3v) is 3.67. The van der Waals surface area contributed by atoms with Crippen LogP contribution in [0.25, 0.3) is 0 Å². The SMILES string of the molecule is CC(C)C1CCCC2(CC1)CO2. The normalized spacial score (nSPS) is 41.8. The summed E-state index contributed by atoms with van der Waals surface area (Å²) >= 11 is 0. The molecule has 1 saturated carbocycles. The van der Waals surface area contributed by atoms with Gasteiger partial charge in [0.2, 0.25) is 0 Å². The van der Waals surface area contributed by atoms with Gasteiger partial charge in [0.25, 0.3) is 0 Å². The zero-order valence-electron chi connectivity index (χ0n) is 8.31. The molecule has 0 aromatic heterocycles. The first kappa shape index (κ1) is 8.55. The quantitative estimate of drug-likeness (QED) is 0.548.